The van der Waals surface area contributed by atoms with Crippen molar-refractivity contribution in [1.82, 2.24) is 10.3 Å². The van der Waals surface area contributed by atoms with Gasteiger partial charge in [-0.05, 0) is 29.8 Å². The fourth-order valence-electron chi connectivity index (χ4n) is 2.68. The average molecular weight is 351 g/mol. The van der Waals surface area contributed by atoms with Gasteiger partial charge in [0.25, 0.3) is 0 Å². The highest BCUT2D eigenvalue weighted by molar-refractivity contribution is 5.92. The first-order valence-corrected chi connectivity index (χ1v) is 8.26. The van der Waals surface area contributed by atoms with Crippen LogP contribution in [0.5, 0.6) is 11.5 Å². The Hall–Kier alpha value is -3.28. The molecule has 1 aromatic heterocycles. The van der Waals surface area contributed by atoms with E-state index in [4.69, 9.17) is 9.47 Å². The number of ether oxygens (including phenoxy) is 2. The smallest absolute Gasteiger partial charge is 0.239 e. The van der Waals surface area contributed by atoms with Crippen LogP contribution in [0.3, 0.4) is 0 Å². The highest BCUT2D eigenvalue weighted by atomic mass is 16.5. The molecular formula is C20H21N3O3. The molecule has 3 rings (SSSR count). The molecule has 0 aliphatic heterocycles. The lowest BCUT2D eigenvalue weighted by Gasteiger charge is -2.11. The lowest BCUT2D eigenvalue weighted by Crippen LogP contribution is -2.29. The second kappa shape index (κ2) is 8.20. The van der Waals surface area contributed by atoms with Gasteiger partial charge in [0.05, 0.1) is 32.0 Å². The number of hydrogen-bond donors (Lipinski definition) is 2. The lowest BCUT2D eigenvalue weighted by atomic mass is 10.2. The minimum atomic E-state index is -0.104. The number of benzene rings is 2. The maximum absolute atomic E-state index is 12.2. The number of para-hydroxylation sites is 1. The molecule has 0 aliphatic carbocycles. The summed E-state index contributed by atoms with van der Waals surface area (Å²) >= 11 is 0. The number of rotatable bonds is 7. The molecule has 0 unspecified atom stereocenters. The van der Waals surface area contributed by atoms with Crippen LogP contribution in [0.4, 0.5) is 5.69 Å². The number of amides is 1. The van der Waals surface area contributed by atoms with E-state index in [1.807, 2.05) is 48.5 Å². The molecule has 0 saturated heterocycles. The van der Waals surface area contributed by atoms with Crippen molar-refractivity contribution in [2.45, 2.75) is 6.54 Å². The van der Waals surface area contributed by atoms with Gasteiger partial charge in [-0.2, -0.15) is 0 Å². The Morgan fingerprint density at radius 2 is 1.85 bits per heavy atom. The number of carbonyl (C=O) groups excluding carboxylic acids is 1. The number of anilines is 1. The van der Waals surface area contributed by atoms with Crippen LogP contribution in [-0.2, 0) is 11.3 Å². The van der Waals surface area contributed by atoms with Gasteiger partial charge in [-0.15, -0.1) is 0 Å². The molecule has 0 aliphatic rings. The number of fused-ring (bicyclic) bond motifs is 1. The van der Waals surface area contributed by atoms with E-state index in [9.17, 15) is 4.79 Å². The Bertz CT molecular complexity index is 906. The lowest BCUT2D eigenvalue weighted by molar-refractivity contribution is -0.119. The molecule has 0 spiro atoms. The van der Waals surface area contributed by atoms with Gasteiger partial charge in [-0.1, -0.05) is 24.3 Å². The summed E-state index contributed by atoms with van der Waals surface area (Å²) in [6, 6.07) is 15.3. The number of nitrogens with one attached hydrogen (secondary N) is 2. The third-order valence-electron chi connectivity index (χ3n) is 4.01. The van der Waals surface area contributed by atoms with Crippen LogP contribution < -0.4 is 20.1 Å². The molecule has 6 nitrogen and oxygen atoms in total. The Morgan fingerprint density at radius 1 is 1.04 bits per heavy atom. The van der Waals surface area contributed by atoms with Crippen molar-refractivity contribution in [3.05, 3.63) is 60.3 Å². The first-order valence-electron chi connectivity index (χ1n) is 8.26. The van der Waals surface area contributed by atoms with E-state index in [2.05, 4.69) is 15.6 Å². The van der Waals surface area contributed by atoms with Crippen molar-refractivity contribution < 1.29 is 14.3 Å². The van der Waals surface area contributed by atoms with E-state index in [-0.39, 0.29) is 12.5 Å². The molecule has 0 bridgehead atoms. The molecule has 6 heteroatoms. The fourth-order valence-corrected chi connectivity index (χ4v) is 2.68. The first kappa shape index (κ1) is 17.5. The number of pyridine rings is 1. The topological polar surface area (TPSA) is 72.5 Å². The molecule has 2 aromatic carbocycles. The Kier molecular flexibility index (Phi) is 5.53. The predicted octanol–water partition coefficient (Wildman–Crippen LogP) is 2.98. The summed E-state index contributed by atoms with van der Waals surface area (Å²) in [5.41, 5.74) is 2.62. The van der Waals surface area contributed by atoms with Crippen LogP contribution in [0.25, 0.3) is 10.9 Å². The Balaban J connectivity index is 1.58. The van der Waals surface area contributed by atoms with E-state index in [0.29, 0.717) is 18.0 Å². The zero-order chi connectivity index (χ0) is 18.4. The maximum atomic E-state index is 12.2. The summed E-state index contributed by atoms with van der Waals surface area (Å²) in [5.74, 6) is 1.19. The molecule has 2 N–H and O–H groups in total. The fraction of sp³-hybridized carbons (Fsp3) is 0.200. The van der Waals surface area contributed by atoms with Crippen molar-refractivity contribution in [1.29, 1.82) is 0 Å². The third kappa shape index (κ3) is 4.03. The van der Waals surface area contributed by atoms with Crippen LogP contribution >= 0.6 is 0 Å². The minimum Gasteiger partial charge on any atom is -0.493 e. The summed E-state index contributed by atoms with van der Waals surface area (Å²) in [6.45, 7) is 0.581. The van der Waals surface area contributed by atoms with E-state index in [0.717, 1.165) is 22.2 Å². The van der Waals surface area contributed by atoms with Crippen molar-refractivity contribution in [2.75, 3.05) is 26.1 Å². The quantitative estimate of drug-likeness (QED) is 0.685. The number of nitrogens with zero attached hydrogens (tertiary/aromatic N) is 1. The van der Waals surface area contributed by atoms with Gasteiger partial charge in [0.15, 0.2) is 11.5 Å². The summed E-state index contributed by atoms with van der Waals surface area (Å²) in [7, 11) is 3.18. The van der Waals surface area contributed by atoms with Crippen LogP contribution in [0.2, 0.25) is 0 Å². The number of methoxy groups -OCH3 is 2. The van der Waals surface area contributed by atoms with Gasteiger partial charge in [0.1, 0.15) is 0 Å². The first-order chi connectivity index (χ1) is 12.7. The SMILES string of the molecule is COc1ccc(CNC(=O)CNc2cccc3cccnc23)cc1OC. The van der Waals surface area contributed by atoms with Gasteiger partial charge in [0.2, 0.25) is 5.91 Å². The van der Waals surface area contributed by atoms with Gasteiger partial charge in [0, 0.05) is 18.1 Å². The predicted molar refractivity (Wildman–Crippen MR) is 102 cm³/mol. The monoisotopic (exact) mass is 351 g/mol. The zero-order valence-corrected chi connectivity index (χ0v) is 14.8. The molecular weight excluding hydrogens is 330 g/mol. The third-order valence-corrected chi connectivity index (χ3v) is 4.01. The second-order valence-electron chi connectivity index (χ2n) is 5.70. The van der Waals surface area contributed by atoms with Crippen LogP contribution in [0, 0.1) is 0 Å². The molecule has 26 heavy (non-hydrogen) atoms. The largest absolute Gasteiger partial charge is 0.493 e. The van der Waals surface area contributed by atoms with Gasteiger partial charge in [-0.3, -0.25) is 9.78 Å². The van der Waals surface area contributed by atoms with E-state index in [1.165, 1.54) is 0 Å². The zero-order valence-electron chi connectivity index (χ0n) is 14.8. The molecule has 3 aromatic rings. The molecule has 1 heterocycles. The van der Waals surface area contributed by atoms with Crippen LogP contribution in [0.1, 0.15) is 5.56 Å². The van der Waals surface area contributed by atoms with Crippen molar-refractivity contribution in [3.8, 4) is 11.5 Å². The maximum Gasteiger partial charge on any atom is 0.239 e. The number of aromatic nitrogens is 1. The highest BCUT2D eigenvalue weighted by Gasteiger charge is 2.07. The Morgan fingerprint density at radius 3 is 2.65 bits per heavy atom. The molecule has 134 valence electrons. The Labute approximate surface area is 152 Å². The van der Waals surface area contributed by atoms with Gasteiger partial charge < -0.3 is 20.1 Å². The molecule has 0 radical (unpaired) electrons. The molecule has 0 saturated carbocycles. The number of carbonyl (C=O) groups is 1. The molecule has 0 atom stereocenters. The van der Waals surface area contributed by atoms with Gasteiger partial charge >= 0.3 is 0 Å². The molecule has 1 amide bonds. The second-order valence-corrected chi connectivity index (χ2v) is 5.70. The average Bonchev–Trinajstić information content (AvgIpc) is 2.70. The van der Waals surface area contributed by atoms with Gasteiger partial charge in [-0.25, -0.2) is 0 Å². The highest BCUT2D eigenvalue weighted by Crippen LogP contribution is 2.27. The van der Waals surface area contributed by atoms with Crippen LogP contribution in [-0.4, -0.2) is 31.7 Å². The summed E-state index contributed by atoms with van der Waals surface area (Å²) in [5, 5.41) is 7.06. The van der Waals surface area contributed by atoms with Crippen molar-refractivity contribution in [2.24, 2.45) is 0 Å². The van der Waals surface area contributed by atoms with Crippen molar-refractivity contribution >= 4 is 22.5 Å². The normalized spacial score (nSPS) is 10.4. The minimum absolute atomic E-state index is 0.104. The van der Waals surface area contributed by atoms with E-state index in [1.54, 1.807) is 20.4 Å². The summed E-state index contributed by atoms with van der Waals surface area (Å²) in [4.78, 5) is 16.5. The molecule has 0 fully saturated rings. The standard InChI is InChI=1S/C20H21N3O3/c1-25-17-9-8-14(11-18(17)26-2)12-23-19(24)13-22-16-7-3-5-15-6-4-10-21-20(15)16/h3-11,22H,12-13H2,1-2H3,(H,23,24). The van der Waals surface area contributed by atoms with Crippen molar-refractivity contribution in [3.63, 3.8) is 0 Å². The van der Waals surface area contributed by atoms with E-state index >= 15 is 0 Å². The van der Waals surface area contributed by atoms with E-state index < -0.39 is 0 Å². The van der Waals surface area contributed by atoms with Crippen LogP contribution in [0.15, 0.2) is 54.7 Å². The summed E-state index contributed by atoms with van der Waals surface area (Å²) < 4.78 is 10.5. The number of hydrogen-bond acceptors (Lipinski definition) is 5. The summed E-state index contributed by atoms with van der Waals surface area (Å²) in [6.07, 6.45) is 1.74.